The van der Waals surface area contributed by atoms with E-state index in [1.54, 1.807) is 0 Å². The first-order valence-electron chi connectivity index (χ1n) is 29.6. The van der Waals surface area contributed by atoms with E-state index >= 15 is 0 Å². The van der Waals surface area contributed by atoms with Gasteiger partial charge in [-0.2, -0.15) is 0 Å². The summed E-state index contributed by atoms with van der Waals surface area (Å²) in [6.07, 6.45) is 67.6. The van der Waals surface area contributed by atoms with Crippen LogP contribution in [0.15, 0.2) is 24.3 Å². The predicted molar refractivity (Wildman–Crippen MR) is 287 cm³/mol. The molecule has 2 atom stereocenters. The van der Waals surface area contributed by atoms with Crippen LogP contribution in [-0.2, 0) is 14.3 Å². The molecule has 0 aromatic rings. The summed E-state index contributed by atoms with van der Waals surface area (Å²) in [5.74, 6) is -0.0384. The highest BCUT2D eigenvalue weighted by atomic mass is 16.5. The minimum Gasteiger partial charge on any atom is -0.466 e. The van der Waals surface area contributed by atoms with E-state index in [9.17, 15) is 19.8 Å². The number of ether oxygens (including phenoxy) is 1. The van der Waals surface area contributed by atoms with Crippen LogP contribution in [0, 0.1) is 0 Å². The van der Waals surface area contributed by atoms with Crippen LogP contribution < -0.4 is 5.32 Å². The molecule has 390 valence electrons. The number of amides is 1. The Kier molecular flexibility index (Phi) is 54.5. The van der Waals surface area contributed by atoms with Gasteiger partial charge in [-0.15, -0.1) is 0 Å². The van der Waals surface area contributed by atoms with Crippen molar-refractivity contribution in [2.75, 3.05) is 13.2 Å². The molecule has 0 rings (SSSR count). The fraction of sp³-hybridized carbons (Fsp3) is 0.900. The lowest BCUT2D eigenvalue weighted by Gasteiger charge is -2.22. The second-order valence-corrected chi connectivity index (χ2v) is 20.3. The van der Waals surface area contributed by atoms with Crippen LogP contribution in [0.4, 0.5) is 0 Å². The molecule has 3 N–H and O–H groups in total. The fourth-order valence-corrected chi connectivity index (χ4v) is 9.16. The number of hydrogen-bond donors (Lipinski definition) is 3. The highest BCUT2D eigenvalue weighted by Gasteiger charge is 2.20. The molecule has 0 aliphatic rings. The molecule has 0 fully saturated rings. The Hall–Kier alpha value is -1.66. The number of hydrogen-bond acceptors (Lipinski definition) is 5. The number of allylic oxidation sites excluding steroid dienone is 4. The molecule has 0 heterocycles. The van der Waals surface area contributed by atoms with Crippen LogP contribution in [0.25, 0.3) is 0 Å². The van der Waals surface area contributed by atoms with Crippen molar-refractivity contribution in [2.24, 2.45) is 0 Å². The van der Waals surface area contributed by atoms with Crippen LogP contribution >= 0.6 is 0 Å². The number of aliphatic hydroxyl groups is 2. The van der Waals surface area contributed by atoms with Crippen molar-refractivity contribution in [3.8, 4) is 0 Å². The number of esters is 1. The Morgan fingerprint density at radius 1 is 0.409 bits per heavy atom. The lowest BCUT2D eigenvalue weighted by atomic mass is 10.0. The molecule has 0 bridgehead atoms. The Morgan fingerprint density at radius 3 is 1.08 bits per heavy atom. The Morgan fingerprint density at radius 2 is 0.712 bits per heavy atom. The summed E-state index contributed by atoms with van der Waals surface area (Å²) in [6.45, 7) is 4.94. The van der Waals surface area contributed by atoms with Gasteiger partial charge in [-0.1, -0.05) is 256 Å². The maximum Gasteiger partial charge on any atom is 0.305 e. The van der Waals surface area contributed by atoms with Crippen molar-refractivity contribution in [1.82, 2.24) is 5.32 Å². The number of carbonyl (C=O) groups excluding carboxylic acids is 2. The van der Waals surface area contributed by atoms with Gasteiger partial charge in [-0.05, 0) is 77.0 Å². The van der Waals surface area contributed by atoms with Crippen LogP contribution in [0.2, 0.25) is 0 Å². The summed E-state index contributed by atoms with van der Waals surface area (Å²) in [4.78, 5) is 24.5. The third kappa shape index (κ3) is 51.7. The van der Waals surface area contributed by atoms with Crippen LogP contribution in [0.5, 0.6) is 0 Å². The van der Waals surface area contributed by atoms with Gasteiger partial charge in [0.05, 0.1) is 25.4 Å². The summed E-state index contributed by atoms with van der Waals surface area (Å²) in [5.41, 5.74) is 0. The lowest BCUT2D eigenvalue weighted by Crippen LogP contribution is -2.45. The normalized spacial score (nSPS) is 12.7. The van der Waals surface area contributed by atoms with Crippen molar-refractivity contribution in [2.45, 2.75) is 334 Å². The monoisotopic (exact) mass is 930 g/mol. The highest BCUT2D eigenvalue weighted by Crippen LogP contribution is 2.17. The quantitative estimate of drug-likeness (QED) is 0.0321. The molecule has 6 heteroatoms. The minimum absolute atomic E-state index is 0.00416. The molecule has 0 spiro atoms. The third-order valence-electron chi connectivity index (χ3n) is 13.7. The lowest BCUT2D eigenvalue weighted by molar-refractivity contribution is -0.143. The first-order chi connectivity index (χ1) is 32.5. The van der Waals surface area contributed by atoms with Gasteiger partial charge in [0.1, 0.15) is 0 Å². The maximum absolute atomic E-state index is 12.4. The molecule has 0 aliphatic carbocycles. The Balaban J connectivity index is 3.38. The van der Waals surface area contributed by atoms with Crippen LogP contribution in [-0.4, -0.2) is 47.4 Å². The van der Waals surface area contributed by atoms with Crippen molar-refractivity contribution >= 4 is 11.9 Å². The Bertz CT molecular complexity index is 1030. The van der Waals surface area contributed by atoms with Gasteiger partial charge in [-0.3, -0.25) is 9.59 Å². The van der Waals surface area contributed by atoms with Gasteiger partial charge in [-0.25, -0.2) is 0 Å². The summed E-state index contributed by atoms with van der Waals surface area (Å²) < 4.78 is 5.48. The number of rotatable bonds is 55. The van der Waals surface area contributed by atoms with E-state index in [0.29, 0.717) is 25.9 Å². The Labute approximate surface area is 411 Å². The summed E-state index contributed by atoms with van der Waals surface area (Å²) in [7, 11) is 0. The molecular weight excluding hydrogens is 815 g/mol. The van der Waals surface area contributed by atoms with E-state index in [1.165, 1.54) is 244 Å². The van der Waals surface area contributed by atoms with E-state index in [0.717, 1.165) is 44.9 Å². The first kappa shape index (κ1) is 64.3. The van der Waals surface area contributed by atoms with Gasteiger partial charge in [0.15, 0.2) is 0 Å². The SMILES string of the molecule is CCCCCCCCC/C=C\CCCCCCCC(=O)OCCCCCCCCCCCCCC/C=C\CCCCCCCCCC(=O)NC(CO)C(O)CCCCCCCCCCCC. The zero-order valence-corrected chi connectivity index (χ0v) is 44.4. The van der Waals surface area contributed by atoms with Crippen molar-refractivity contribution < 1.29 is 24.5 Å². The molecule has 0 saturated heterocycles. The molecule has 0 aromatic heterocycles. The smallest absolute Gasteiger partial charge is 0.305 e. The average molecular weight is 931 g/mol. The summed E-state index contributed by atoms with van der Waals surface area (Å²) in [6, 6.07) is -0.544. The molecule has 0 radical (unpaired) electrons. The zero-order chi connectivity index (χ0) is 47.9. The van der Waals surface area contributed by atoms with E-state index < -0.39 is 12.1 Å². The van der Waals surface area contributed by atoms with Crippen molar-refractivity contribution in [3.63, 3.8) is 0 Å². The standard InChI is InChI=1S/C60H115NO5/c1-3-5-7-9-11-13-15-16-17-28-31-34-38-42-46-50-54-60(65)66-55-51-47-43-39-35-32-29-26-24-22-20-18-19-21-23-25-27-30-33-37-41-45-49-53-59(64)61-57(56-62)58(63)52-48-44-40-36-14-12-10-8-6-4-2/h17,21,23,28,57-58,62-63H,3-16,18-20,22,24-27,29-56H2,1-2H3,(H,61,64)/b23-21-,28-17-. The first-order valence-corrected chi connectivity index (χ1v) is 29.6. The third-order valence-corrected chi connectivity index (χ3v) is 13.7. The number of carbonyl (C=O) groups is 2. The van der Waals surface area contributed by atoms with E-state index in [4.69, 9.17) is 4.74 Å². The maximum atomic E-state index is 12.4. The van der Waals surface area contributed by atoms with Gasteiger partial charge in [0, 0.05) is 12.8 Å². The topological polar surface area (TPSA) is 95.9 Å². The van der Waals surface area contributed by atoms with Gasteiger partial charge >= 0.3 is 5.97 Å². The second kappa shape index (κ2) is 55.9. The molecule has 0 saturated carbocycles. The molecule has 66 heavy (non-hydrogen) atoms. The minimum atomic E-state index is -0.666. The highest BCUT2D eigenvalue weighted by molar-refractivity contribution is 5.76. The number of nitrogens with one attached hydrogen (secondary N) is 1. The molecule has 2 unspecified atom stereocenters. The molecule has 1 amide bonds. The number of aliphatic hydroxyl groups excluding tert-OH is 2. The second-order valence-electron chi connectivity index (χ2n) is 20.3. The van der Waals surface area contributed by atoms with Gasteiger partial charge < -0.3 is 20.3 Å². The average Bonchev–Trinajstić information content (AvgIpc) is 3.32. The molecule has 0 aliphatic heterocycles. The summed E-state index contributed by atoms with van der Waals surface area (Å²) >= 11 is 0. The summed E-state index contributed by atoms with van der Waals surface area (Å²) in [5, 5.41) is 23.1. The van der Waals surface area contributed by atoms with E-state index in [-0.39, 0.29) is 18.5 Å². The van der Waals surface area contributed by atoms with E-state index in [2.05, 4.69) is 43.5 Å². The van der Waals surface area contributed by atoms with Gasteiger partial charge in [0.2, 0.25) is 5.91 Å². The molecule has 0 aromatic carbocycles. The van der Waals surface area contributed by atoms with Crippen LogP contribution in [0.1, 0.15) is 322 Å². The number of unbranched alkanes of at least 4 members (excludes halogenated alkanes) is 40. The predicted octanol–water partition coefficient (Wildman–Crippen LogP) is 18.2. The van der Waals surface area contributed by atoms with E-state index in [1.807, 2.05) is 0 Å². The molecular formula is C60H115NO5. The van der Waals surface area contributed by atoms with Crippen LogP contribution in [0.3, 0.4) is 0 Å². The zero-order valence-electron chi connectivity index (χ0n) is 44.4. The molecule has 6 nitrogen and oxygen atoms in total. The van der Waals surface area contributed by atoms with Gasteiger partial charge in [0.25, 0.3) is 0 Å². The fourth-order valence-electron chi connectivity index (χ4n) is 9.16. The van der Waals surface area contributed by atoms with Crippen molar-refractivity contribution in [1.29, 1.82) is 0 Å². The van der Waals surface area contributed by atoms with Crippen molar-refractivity contribution in [3.05, 3.63) is 24.3 Å². The largest absolute Gasteiger partial charge is 0.466 e.